The van der Waals surface area contributed by atoms with Crippen LogP contribution in [0, 0.1) is 5.92 Å². The maximum absolute atomic E-state index is 4.45. The first kappa shape index (κ1) is 10.2. The van der Waals surface area contributed by atoms with E-state index >= 15 is 0 Å². The molecule has 1 saturated heterocycles. The van der Waals surface area contributed by atoms with Gasteiger partial charge in [0, 0.05) is 7.05 Å². The number of halogens is 1. The van der Waals surface area contributed by atoms with Gasteiger partial charge in [-0.3, -0.25) is 4.68 Å². The third-order valence-electron chi connectivity index (χ3n) is 2.77. The predicted octanol–water partition coefficient (Wildman–Crippen LogP) is 1.72. The highest BCUT2D eigenvalue weighted by atomic mass is 79.9. The molecule has 2 heterocycles. The van der Waals surface area contributed by atoms with Crippen LogP contribution in [0.25, 0.3) is 0 Å². The predicted molar refractivity (Wildman–Crippen MR) is 60.2 cm³/mol. The van der Waals surface area contributed by atoms with Crippen LogP contribution in [0.5, 0.6) is 0 Å². The van der Waals surface area contributed by atoms with Gasteiger partial charge in [-0.25, -0.2) is 0 Å². The Morgan fingerprint density at radius 1 is 1.71 bits per heavy atom. The van der Waals surface area contributed by atoms with Crippen molar-refractivity contribution in [1.82, 2.24) is 15.1 Å². The summed E-state index contributed by atoms with van der Waals surface area (Å²) in [5.74, 6) is 0.769. The van der Waals surface area contributed by atoms with Gasteiger partial charge in [-0.2, -0.15) is 5.10 Å². The van der Waals surface area contributed by atoms with E-state index in [0.717, 1.165) is 23.5 Å². The summed E-state index contributed by atoms with van der Waals surface area (Å²) in [5.41, 5.74) is 1.20. The molecule has 78 valence electrons. The molecule has 1 unspecified atom stereocenters. The number of hydrogen-bond donors (Lipinski definition) is 1. The summed E-state index contributed by atoms with van der Waals surface area (Å²) in [4.78, 5) is 0. The molecule has 0 bridgehead atoms. The summed E-state index contributed by atoms with van der Waals surface area (Å²) < 4.78 is 2.95. The Morgan fingerprint density at radius 2 is 2.57 bits per heavy atom. The standard InChI is InChI=1S/C10H16BrN3/c1-14-10(11)6-9(13-14)5-8-3-2-4-12-7-8/h6,8,12H,2-5,7H2,1H3. The van der Waals surface area contributed by atoms with Crippen molar-refractivity contribution in [2.75, 3.05) is 13.1 Å². The largest absolute Gasteiger partial charge is 0.316 e. The number of nitrogens with one attached hydrogen (secondary N) is 1. The topological polar surface area (TPSA) is 29.9 Å². The van der Waals surface area contributed by atoms with E-state index in [0.29, 0.717) is 0 Å². The molecule has 1 atom stereocenters. The Morgan fingerprint density at radius 3 is 3.14 bits per heavy atom. The van der Waals surface area contributed by atoms with Gasteiger partial charge in [-0.1, -0.05) is 0 Å². The van der Waals surface area contributed by atoms with E-state index in [1.165, 1.54) is 25.1 Å². The van der Waals surface area contributed by atoms with Gasteiger partial charge in [-0.05, 0) is 60.3 Å². The molecule has 1 aromatic heterocycles. The van der Waals surface area contributed by atoms with Crippen LogP contribution in [0.3, 0.4) is 0 Å². The Labute approximate surface area is 93.0 Å². The van der Waals surface area contributed by atoms with Crippen LogP contribution in [0.4, 0.5) is 0 Å². The minimum Gasteiger partial charge on any atom is -0.316 e. The minimum absolute atomic E-state index is 0.769. The molecule has 0 radical (unpaired) electrons. The summed E-state index contributed by atoms with van der Waals surface area (Å²) in [5, 5.41) is 7.88. The van der Waals surface area contributed by atoms with E-state index in [9.17, 15) is 0 Å². The second-order valence-electron chi connectivity index (χ2n) is 4.00. The van der Waals surface area contributed by atoms with Crippen molar-refractivity contribution in [3.63, 3.8) is 0 Å². The summed E-state index contributed by atoms with van der Waals surface area (Å²) in [6.07, 6.45) is 3.74. The smallest absolute Gasteiger partial charge is 0.104 e. The zero-order valence-electron chi connectivity index (χ0n) is 8.46. The Balaban J connectivity index is 1.95. The first-order valence-corrected chi connectivity index (χ1v) is 5.94. The maximum atomic E-state index is 4.45. The number of aryl methyl sites for hydroxylation is 1. The highest BCUT2D eigenvalue weighted by molar-refractivity contribution is 9.10. The van der Waals surface area contributed by atoms with Crippen LogP contribution < -0.4 is 5.32 Å². The SMILES string of the molecule is Cn1nc(CC2CCCNC2)cc1Br. The highest BCUT2D eigenvalue weighted by Gasteiger charge is 2.15. The second-order valence-corrected chi connectivity index (χ2v) is 4.81. The lowest BCUT2D eigenvalue weighted by Gasteiger charge is -2.21. The van der Waals surface area contributed by atoms with E-state index in [-0.39, 0.29) is 0 Å². The number of hydrogen-bond acceptors (Lipinski definition) is 2. The third kappa shape index (κ3) is 2.36. The molecule has 0 amide bonds. The number of piperidine rings is 1. The molecule has 0 saturated carbocycles. The molecule has 1 aromatic rings. The van der Waals surface area contributed by atoms with Crippen LogP contribution in [0.1, 0.15) is 18.5 Å². The van der Waals surface area contributed by atoms with Crippen LogP contribution in [0.2, 0.25) is 0 Å². The lowest BCUT2D eigenvalue weighted by molar-refractivity contribution is 0.372. The number of nitrogens with zero attached hydrogens (tertiary/aromatic N) is 2. The van der Waals surface area contributed by atoms with Crippen molar-refractivity contribution in [3.8, 4) is 0 Å². The molecule has 14 heavy (non-hydrogen) atoms. The van der Waals surface area contributed by atoms with Crippen molar-refractivity contribution in [1.29, 1.82) is 0 Å². The second kappa shape index (κ2) is 4.45. The Bertz CT molecular complexity index is 283. The molecular weight excluding hydrogens is 242 g/mol. The summed E-state index contributed by atoms with van der Waals surface area (Å²) >= 11 is 3.47. The highest BCUT2D eigenvalue weighted by Crippen LogP contribution is 2.18. The lowest BCUT2D eigenvalue weighted by Crippen LogP contribution is -2.30. The molecular formula is C10H16BrN3. The fourth-order valence-corrected chi connectivity index (χ4v) is 2.34. The van der Waals surface area contributed by atoms with Gasteiger partial charge in [0.2, 0.25) is 0 Å². The summed E-state index contributed by atoms with van der Waals surface area (Å²) in [7, 11) is 1.96. The monoisotopic (exact) mass is 257 g/mol. The minimum atomic E-state index is 0.769. The van der Waals surface area contributed by atoms with Crippen molar-refractivity contribution in [3.05, 3.63) is 16.4 Å². The van der Waals surface area contributed by atoms with Crippen LogP contribution in [-0.4, -0.2) is 22.9 Å². The van der Waals surface area contributed by atoms with Crippen molar-refractivity contribution < 1.29 is 0 Å². The zero-order chi connectivity index (χ0) is 9.97. The third-order valence-corrected chi connectivity index (χ3v) is 3.51. The van der Waals surface area contributed by atoms with Gasteiger partial charge in [0.15, 0.2) is 0 Å². The summed E-state index contributed by atoms with van der Waals surface area (Å²) in [6, 6.07) is 2.12. The van der Waals surface area contributed by atoms with Gasteiger partial charge in [0.25, 0.3) is 0 Å². The quantitative estimate of drug-likeness (QED) is 0.875. The Kier molecular flexibility index (Phi) is 3.23. The van der Waals surface area contributed by atoms with Gasteiger partial charge >= 0.3 is 0 Å². The van der Waals surface area contributed by atoms with Gasteiger partial charge in [-0.15, -0.1) is 0 Å². The number of rotatable bonds is 2. The molecule has 0 spiro atoms. The Hall–Kier alpha value is -0.350. The molecule has 1 fully saturated rings. The fraction of sp³-hybridized carbons (Fsp3) is 0.700. The van der Waals surface area contributed by atoms with Gasteiger partial charge in [0.1, 0.15) is 4.60 Å². The number of aromatic nitrogens is 2. The normalized spacial score (nSPS) is 22.6. The maximum Gasteiger partial charge on any atom is 0.104 e. The average Bonchev–Trinajstić information content (AvgIpc) is 2.47. The molecule has 1 aliphatic rings. The zero-order valence-corrected chi connectivity index (χ0v) is 10.0. The molecule has 4 heteroatoms. The van der Waals surface area contributed by atoms with E-state index in [1.807, 2.05) is 11.7 Å². The van der Waals surface area contributed by atoms with Crippen LogP contribution in [0.15, 0.2) is 10.7 Å². The lowest BCUT2D eigenvalue weighted by atomic mass is 9.95. The molecule has 0 aliphatic carbocycles. The molecule has 1 N–H and O–H groups in total. The van der Waals surface area contributed by atoms with Gasteiger partial charge < -0.3 is 5.32 Å². The van der Waals surface area contributed by atoms with E-state index in [1.54, 1.807) is 0 Å². The first-order chi connectivity index (χ1) is 6.75. The average molecular weight is 258 g/mol. The summed E-state index contributed by atoms with van der Waals surface area (Å²) in [6.45, 7) is 2.33. The van der Waals surface area contributed by atoms with E-state index in [4.69, 9.17) is 0 Å². The first-order valence-electron chi connectivity index (χ1n) is 5.15. The van der Waals surface area contributed by atoms with Crippen molar-refractivity contribution in [2.24, 2.45) is 13.0 Å². The molecule has 3 nitrogen and oxygen atoms in total. The van der Waals surface area contributed by atoms with Crippen LogP contribution in [-0.2, 0) is 13.5 Å². The van der Waals surface area contributed by atoms with E-state index in [2.05, 4.69) is 32.4 Å². The van der Waals surface area contributed by atoms with Crippen molar-refractivity contribution in [2.45, 2.75) is 19.3 Å². The van der Waals surface area contributed by atoms with Gasteiger partial charge in [0.05, 0.1) is 5.69 Å². The van der Waals surface area contributed by atoms with Crippen molar-refractivity contribution >= 4 is 15.9 Å². The fourth-order valence-electron chi connectivity index (χ4n) is 1.99. The molecule has 0 aromatic carbocycles. The molecule has 2 rings (SSSR count). The van der Waals surface area contributed by atoms with Crippen LogP contribution >= 0.6 is 15.9 Å². The molecule has 1 aliphatic heterocycles. The van der Waals surface area contributed by atoms with E-state index < -0.39 is 0 Å².